The molecule has 114 valence electrons. The second-order valence-corrected chi connectivity index (χ2v) is 8.18. The van der Waals surface area contributed by atoms with Gasteiger partial charge in [0, 0.05) is 23.7 Å². The fourth-order valence-corrected chi connectivity index (χ4v) is 4.58. The third kappa shape index (κ3) is 3.45. The Kier molecular flexibility index (Phi) is 4.70. The van der Waals surface area contributed by atoms with Crippen molar-refractivity contribution in [3.05, 3.63) is 46.2 Å². The Balaban J connectivity index is 2.27. The van der Waals surface area contributed by atoms with Gasteiger partial charge in [0.2, 0.25) is 10.0 Å². The normalized spacial score (nSPS) is 13.5. The Hall–Kier alpha value is -1.37. The summed E-state index contributed by atoms with van der Waals surface area (Å²) in [5.41, 5.74) is 6.89. The van der Waals surface area contributed by atoms with Crippen LogP contribution in [-0.2, 0) is 16.4 Å². The minimum Gasteiger partial charge on any atom is -0.399 e. The number of likely N-dealkylation sites (N-methyl/N-ethyl adjacent to an activating group) is 1. The number of thiophene rings is 1. The molecular formula is C15H20N2O2S2. The van der Waals surface area contributed by atoms with E-state index < -0.39 is 10.0 Å². The Bertz CT molecular complexity index is 709. The number of anilines is 1. The van der Waals surface area contributed by atoms with E-state index in [2.05, 4.69) is 0 Å². The topological polar surface area (TPSA) is 63.4 Å². The number of sulfonamides is 1. The summed E-state index contributed by atoms with van der Waals surface area (Å²) in [7, 11) is -1.92. The molecule has 0 fully saturated rings. The van der Waals surface area contributed by atoms with Crippen LogP contribution in [-0.4, -0.2) is 25.8 Å². The minimum absolute atomic E-state index is 0.116. The zero-order valence-corrected chi connectivity index (χ0v) is 14.0. The maximum absolute atomic E-state index is 12.7. The molecule has 6 heteroatoms. The van der Waals surface area contributed by atoms with E-state index in [1.54, 1.807) is 37.4 Å². The van der Waals surface area contributed by atoms with Crippen LogP contribution in [0.15, 0.2) is 40.6 Å². The molecule has 0 aliphatic heterocycles. The quantitative estimate of drug-likeness (QED) is 0.860. The predicted octanol–water partition coefficient (Wildman–Crippen LogP) is 2.89. The van der Waals surface area contributed by atoms with Gasteiger partial charge in [-0.15, -0.1) is 11.3 Å². The van der Waals surface area contributed by atoms with E-state index in [4.69, 9.17) is 5.73 Å². The summed E-state index contributed by atoms with van der Waals surface area (Å²) in [6, 6.07) is 8.86. The standard InChI is InChI=1S/C15H20N2O2S2/c1-11-6-7-13(16)10-15(11)21(18,19)17(3)12(2)9-14-5-4-8-20-14/h4-8,10,12H,9,16H2,1-3H3. The first-order chi connectivity index (χ1) is 9.82. The maximum atomic E-state index is 12.7. The molecule has 1 unspecified atom stereocenters. The molecule has 21 heavy (non-hydrogen) atoms. The van der Waals surface area contributed by atoms with Crippen molar-refractivity contribution in [2.24, 2.45) is 0 Å². The first-order valence-corrected chi connectivity index (χ1v) is 9.01. The lowest BCUT2D eigenvalue weighted by Gasteiger charge is -2.25. The molecule has 1 atom stereocenters. The zero-order chi connectivity index (χ0) is 15.6. The Labute approximate surface area is 130 Å². The monoisotopic (exact) mass is 324 g/mol. The SMILES string of the molecule is Cc1ccc(N)cc1S(=O)(=O)N(C)C(C)Cc1cccs1. The third-order valence-corrected chi connectivity index (χ3v) is 6.58. The van der Waals surface area contributed by atoms with Crippen LogP contribution in [0.2, 0.25) is 0 Å². The van der Waals surface area contributed by atoms with Crippen LogP contribution in [0.25, 0.3) is 0 Å². The summed E-state index contributed by atoms with van der Waals surface area (Å²) in [6.45, 7) is 3.70. The van der Waals surface area contributed by atoms with Crippen molar-refractivity contribution >= 4 is 27.0 Å². The first kappa shape index (κ1) is 16.0. The molecule has 0 aliphatic rings. The molecule has 2 N–H and O–H groups in total. The molecule has 1 aromatic heterocycles. The summed E-state index contributed by atoms with van der Waals surface area (Å²) in [5.74, 6) is 0. The summed E-state index contributed by atoms with van der Waals surface area (Å²) < 4.78 is 26.9. The molecule has 0 amide bonds. The fourth-order valence-electron chi connectivity index (χ4n) is 2.14. The van der Waals surface area contributed by atoms with E-state index in [1.807, 2.05) is 24.4 Å². The molecule has 0 spiro atoms. The third-order valence-electron chi connectivity index (χ3n) is 3.57. The Morgan fingerprint density at radius 3 is 2.67 bits per heavy atom. The van der Waals surface area contributed by atoms with E-state index in [9.17, 15) is 8.42 Å². The van der Waals surface area contributed by atoms with Crippen LogP contribution in [0.3, 0.4) is 0 Å². The zero-order valence-electron chi connectivity index (χ0n) is 12.4. The first-order valence-electron chi connectivity index (χ1n) is 6.69. The van der Waals surface area contributed by atoms with E-state index in [0.717, 1.165) is 0 Å². The van der Waals surface area contributed by atoms with Gasteiger partial charge in [0.1, 0.15) is 0 Å². The molecule has 0 saturated carbocycles. The highest BCUT2D eigenvalue weighted by atomic mass is 32.2. The summed E-state index contributed by atoms with van der Waals surface area (Å²) in [6.07, 6.45) is 0.703. The lowest BCUT2D eigenvalue weighted by Crippen LogP contribution is -2.36. The highest BCUT2D eigenvalue weighted by molar-refractivity contribution is 7.89. The van der Waals surface area contributed by atoms with Gasteiger partial charge in [-0.25, -0.2) is 8.42 Å². The number of nitrogens with two attached hydrogens (primary N) is 1. The highest BCUT2D eigenvalue weighted by Crippen LogP contribution is 2.24. The van der Waals surface area contributed by atoms with Crippen LogP contribution in [0.1, 0.15) is 17.4 Å². The van der Waals surface area contributed by atoms with Crippen molar-refractivity contribution in [1.82, 2.24) is 4.31 Å². The highest BCUT2D eigenvalue weighted by Gasteiger charge is 2.27. The summed E-state index contributed by atoms with van der Waals surface area (Å²) >= 11 is 1.64. The molecule has 0 aliphatic carbocycles. The van der Waals surface area contributed by atoms with Gasteiger partial charge in [-0.1, -0.05) is 12.1 Å². The molecular weight excluding hydrogens is 304 g/mol. The van der Waals surface area contributed by atoms with Crippen LogP contribution >= 0.6 is 11.3 Å². The van der Waals surface area contributed by atoms with Gasteiger partial charge in [-0.2, -0.15) is 4.31 Å². The summed E-state index contributed by atoms with van der Waals surface area (Å²) in [4.78, 5) is 1.46. The lowest BCUT2D eigenvalue weighted by molar-refractivity contribution is 0.388. The van der Waals surface area contributed by atoms with Gasteiger partial charge in [-0.05, 0) is 49.4 Å². The Morgan fingerprint density at radius 1 is 1.33 bits per heavy atom. The van der Waals surface area contributed by atoms with Gasteiger partial charge in [0.15, 0.2) is 0 Å². The van der Waals surface area contributed by atoms with Crippen molar-refractivity contribution in [2.45, 2.75) is 31.2 Å². The molecule has 0 bridgehead atoms. The van der Waals surface area contributed by atoms with E-state index in [1.165, 1.54) is 15.2 Å². The Morgan fingerprint density at radius 2 is 2.05 bits per heavy atom. The number of nitrogens with zero attached hydrogens (tertiary/aromatic N) is 1. The average molecular weight is 324 g/mol. The maximum Gasteiger partial charge on any atom is 0.243 e. The van der Waals surface area contributed by atoms with Crippen LogP contribution in [0.4, 0.5) is 5.69 Å². The predicted molar refractivity (Wildman–Crippen MR) is 88.0 cm³/mol. The van der Waals surface area contributed by atoms with Crippen molar-refractivity contribution in [3.63, 3.8) is 0 Å². The number of hydrogen-bond acceptors (Lipinski definition) is 4. The molecule has 2 rings (SSSR count). The van der Waals surface area contributed by atoms with Crippen LogP contribution in [0.5, 0.6) is 0 Å². The number of aryl methyl sites for hydroxylation is 1. The van der Waals surface area contributed by atoms with Gasteiger partial charge >= 0.3 is 0 Å². The second kappa shape index (κ2) is 6.17. The van der Waals surface area contributed by atoms with Gasteiger partial charge in [0.05, 0.1) is 4.90 Å². The number of rotatable bonds is 5. The van der Waals surface area contributed by atoms with E-state index in [-0.39, 0.29) is 10.9 Å². The molecule has 2 aromatic rings. The van der Waals surface area contributed by atoms with Crippen LogP contribution in [0, 0.1) is 6.92 Å². The minimum atomic E-state index is -3.54. The fraction of sp³-hybridized carbons (Fsp3) is 0.333. The largest absolute Gasteiger partial charge is 0.399 e. The number of hydrogen-bond donors (Lipinski definition) is 1. The van der Waals surface area contributed by atoms with Gasteiger partial charge < -0.3 is 5.73 Å². The number of benzene rings is 1. The second-order valence-electron chi connectivity index (χ2n) is 5.18. The van der Waals surface area contributed by atoms with Crippen molar-refractivity contribution < 1.29 is 8.42 Å². The van der Waals surface area contributed by atoms with Crippen molar-refractivity contribution in [3.8, 4) is 0 Å². The molecule has 0 saturated heterocycles. The molecule has 4 nitrogen and oxygen atoms in total. The molecule has 1 heterocycles. The smallest absolute Gasteiger partial charge is 0.243 e. The van der Waals surface area contributed by atoms with Gasteiger partial charge in [-0.3, -0.25) is 0 Å². The van der Waals surface area contributed by atoms with E-state index in [0.29, 0.717) is 17.7 Å². The number of nitrogen functional groups attached to an aromatic ring is 1. The molecule has 1 aromatic carbocycles. The van der Waals surface area contributed by atoms with E-state index >= 15 is 0 Å². The van der Waals surface area contributed by atoms with Gasteiger partial charge in [0.25, 0.3) is 0 Å². The van der Waals surface area contributed by atoms with Crippen LogP contribution < -0.4 is 5.73 Å². The van der Waals surface area contributed by atoms with Crippen molar-refractivity contribution in [2.75, 3.05) is 12.8 Å². The average Bonchev–Trinajstić information content (AvgIpc) is 2.93. The molecule has 0 radical (unpaired) electrons. The summed E-state index contributed by atoms with van der Waals surface area (Å²) in [5, 5.41) is 2.00. The lowest BCUT2D eigenvalue weighted by atomic mass is 10.2. The van der Waals surface area contributed by atoms with Crippen molar-refractivity contribution in [1.29, 1.82) is 0 Å².